The normalized spacial score (nSPS) is 21.1. The molecule has 1 unspecified atom stereocenters. The Morgan fingerprint density at radius 3 is 2.82 bits per heavy atom. The molecule has 17 heavy (non-hydrogen) atoms. The molecule has 92 valence electrons. The van der Waals surface area contributed by atoms with Crippen LogP contribution in [0, 0.1) is 11.3 Å². The number of esters is 2. The summed E-state index contributed by atoms with van der Waals surface area (Å²) in [4.78, 5) is 22.7. The molecule has 0 bridgehead atoms. The fourth-order valence-corrected chi connectivity index (χ4v) is 1.60. The molecule has 0 aromatic heterocycles. The quantitative estimate of drug-likeness (QED) is 0.431. The molecule has 0 radical (unpaired) electrons. The molecule has 0 aliphatic carbocycles. The molecule has 1 saturated heterocycles. The Morgan fingerprint density at radius 1 is 1.59 bits per heavy atom. The van der Waals surface area contributed by atoms with Crippen LogP contribution in [0.3, 0.4) is 0 Å². The van der Waals surface area contributed by atoms with Gasteiger partial charge in [0.05, 0.1) is 13.7 Å². The Morgan fingerprint density at radius 2 is 2.29 bits per heavy atom. The van der Waals surface area contributed by atoms with Crippen molar-refractivity contribution in [1.29, 1.82) is 5.26 Å². The minimum Gasteiger partial charge on any atom is -0.467 e. The van der Waals surface area contributed by atoms with Crippen LogP contribution in [0.4, 0.5) is 0 Å². The van der Waals surface area contributed by atoms with Crippen molar-refractivity contribution in [2.75, 3.05) is 13.7 Å². The van der Waals surface area contributed by atoms with Gasteiger partial charge < -0.3 is 14.8 Å². The number of carbonyl (C=O) groups is 2. The highest BCUT2D eigenvalue weighted by Crippen LogP contribution is 2.20. The van der Waals surface area contributed by atoms with Gasteiger partial charge in [-0.25, -0.2) is 9.59 Å². The fourth-order valence-electron chi connectivity index (χ4n) is 1.60. The average molecular weight is 238 g/mol. The molecule has 1 aliphatic heterocycles. The fraction of sp³-hybridized carbons (Fsp3) is 0.545. The number of nitriles is 1. The Kier molecular flexibility index (Phi) is 4.52. The van der Waals surface area contributed by atoms with Crippen molar-refractivity contribution in [2.24, 2.45) is 0 Å². The van der Waals surface area contributed by atoms with Crippen molar-refractivity contribution in [1.82, 2.24) is 5.32 Å². The van der Waals surface area contributed by atoms with Crippen molar-refractivity contribution < 1.29 is 19.1 Å². The molecule has 0 saturated carbocycles. The Bertz CT molecular complexity index is 395. The molecule has 1 rings (SSSR count). The third-order valence-electron chi connectivity index (χ3n) is 2.41. The van der Waals surface area contributed by atoms with Crippen LogP contribution in [-0.2, 0) is 19.1 Å². The number of ether oxygens (including phenoxy) is 2. The molecule has 0 aromatic carbocycles. The van der Waals surface area contributed by atoms with Crippen molar-refractivity contribution in [3.8, 4) is 6.07 Å². The maximum Gasteiger partial charge on any atom is 0.350 e. The minimum atomic E-state index is -0.664. The van der Waals surface area contributed by atoms with Crippen molar-refractivity contribution in [3.05, 3.63) is 11.3 Å². The highest BCUT2D eigenvalue weighted by atomic mass is 16.5. The van der Waals surface area contributed by atoms with Gasteiger partial charge in [-0.3, -0.25) is 0 Å². The van der Waals surface area contributed by atoms with Gasteiger partial charge in [0, 0.05) is 5.70 Å². The van der Waals surface area contributed by atoms with E-state index in [9.17, 15) is 9.59 Å². The van der Waals surface area contributed by atoms with Crippen LogP contribution in [-0.4, -0.2) is 31.7 Å². The zero-order chi connectivity index (χ0) is 12.8. The van der Waals surface area contributed by atoms with Crippen LogP contribution in [0.15, 0.2) is 11.3 Å². The smallest absolute Gasteiger partial charge is 0.350 e. The van der Waals surface area contributed by atoms with Crippen LogP contribution in [0.5, 0.6) is 0 Å². The van der Waals surface area contributed by atoms with Gasteiger partial charge in [0.15, 0.2) is 5.57 Å². The van der Waals surface area contributed by atoms with Crippen LogP contribution < -0.4 is 5.32 Å². The number of nitrogens with zero attached hydrogens (tertiary/aromatic N) is 1. The lowest BCUT2D eigenvalue weighted by Crippen LogP contribution is -2.31. The summed E-state index contributed by atoms with van der Waals surface area (Å²) >= 11 is 0. The summed E-state index contributed by atoms with van der Waals surface area (Å²) < 4.78 is 9.33. The standard InChI is InChI=1S/C11H14N2O4/c1-3-17-10(14)7(6-12)8-4-5-9(13-8)11(15)16-2/h9,13H,3-5H2,1-2H3/b8-7-. The molecule has 0 amide bonds. The second kappa shape index (κ2) is 5.89. The lowest BCUT2D eigenvalue weighted by atomic mass is 10.1. The third-order valence-corrected chi connectivity index (χ3v) is 2.41. The van der Waals surface area contributed by atoms with Gasteiger partial charge in [-0.2, -0.15) is 5.26 Å². The predicted molar refractivity (Wildman–Crippen MR) is 57.4 cm³/mol. The minimum absolute atomic E-state index is 0.0711. The van der Waals surface area contributed by atoms with Crippen LogP contribution in [0.1, 0.15) is 19.8 Å². The van der Waals surface area contributed by atoms with Gasteiger partial charge in [0.2, 0.25) is 0 Å². The van der Waals surface area contributed by atoms with Crippen molar-refractivity contribution >= 4 is 11.9 Å². The number of carbonyl (C=O) groups excluding carboxylic acids is 2. The summed E-state index contributed by atoms with van der Waals surface area (Å²) in [6.07, 6.45) is 0.966. The average Bonchev–Trinajstić information content (AvgIpc) is 2.79. The Hall–Kier alpha value is -2.03. The lowest BCUT2D eigenvalue weighted by Gasteiger charge is -2.09. The first kappa shape index (κ1) is 13.0. The maximum absolute atomic E-state index is 11.4. The molecule has 1 fully saturated rings. The van der Waals surface area contributed by atoms with Crippen LogP contribution in [0.2, 0.25) is 0 Å². The van der Waals surface area contributed by atoms with Gasteiger partial charge in [-0.15, -0.1) is 0 Å². The van der Waals surface area contributed by atoms with E-state index in [1.54, 1.807) is 13.0 Å². The number of hydrogen-bond acceptors (Lipinski definition) is 6. The zero-order valence-electron chi connectivity index (χ0n) is 9.78. The highest BCUT2D eigenvalue weighted by Gasteiger charge is 2.29. The van der Waals surface area contributed by atoms with E-state index < -0.39 is 18.0 Å². The predicted octanol–water partition coefficient (Wildman–Crippen LogP) is 0.252. The summed E-state index contributed by atoms with van der Waals surface area (Å²) in [5.41, 5.74) is 0.375. The van der Waals surface area contributed by atoms with Crippen molar-refractivity contribution in [2.45, 2.75) is 25.8 Å². The topological polar surface area (TPSA) is 88.4 Å². The molecular formula is C11H14N2O4. The van der Waals surface area contributed by atoms with Gasteiger partial charge in [0.1, 0.15) is 12.1 Å². The summed E-state index contributed by atoms with van der Waals surface area (Å²) in [5.74, 6) is -1.07. The Labute approximate surface area is 99.2 Å². The first-order chi connectivity index (χ1) is 8.13. The van der Waals surface area contributed by atoms with E-state index in [-0.39, 0.29) is 12.2 Å². The number of methoxy groups -OCH3 is 1. The molecule has 1 atom stereocenters. The monoisotopic (exact) mass is 238 g/mol. The van der Waals surface area contributed by atoms with E-state index in [2.05, 4.69) is 10.1 Å². The second-order valence-corrected chi connectivity index (χ2v) is 3.44. The first-order valence-corrected chi connectivity index (χ1v) is 5.28. The van der Waals surface area contributed by atoms with E-state index in [4.69, 9.17) is 10.00 Å². The van der Waals surface area contributed by atoms with Gasteiger partial charge >= 0.3 is 11.9 Å². The van der Waals surface area contributed by atoms with Gasteiger partial charge in [-0.05, 0) is 19.8 Å². The third kappa shape index (κ3) is 2.97. The van der Waals surface area contributed by atoms with E-state index >= 15 is 0 Å². The van der Waals surface area contributed by atoms with Crippen LogP contribution in [0.25, 0.3) is 0 Å². The van der Waals surface area contributed by atoms with Gasteiger partial charge in [0.25, 0.3) is 0 Å². The van der Waals surface area contributed by atoms with Crippen LogP contribution >= 0.6 is 0 Å². The summed E-state index contributed by atoms with van der Waals surface area (Å²) in [6.45, 7) is 1.87. The van der Waals surface area contributed by atoms with E-state index in [1.807, 2.05) is 0 Å². The molecule has 0 spiro atoms. The number of rotatable bonds is 3. The molecule has 1 N–H and O–H groups in total. The SMILES string of the molecule is CCOC(=O)/C(C#N)=C1/CCC(C(=O)OC)N1. The molecule has 0 aromatic rings. The molecule has 6 nitrogen and oxygen atoms in total. The Balaban J connectivity index is 2.81. The number of allylic oxidation sites excluding steroid dienone is 1. The van der Waals surface area contributed by atoms with Gasteiger partial charge in [-0.1, -0.05) is 0 Å². The largest absolute Gasteiger partial charge is 0.467 e. The van der Waals surface area contributed by atoms with E-state index in [1.165, 1.54) is 7.11 Å². The summed E-state index contributed by atoms with van der Waals surface area (Å²) in [5, 5.41) is 11.7. The number of hydrogen-bond donors (Lipinski definition) is 1. The zero-order valence-corrected chi connectivity index (χ0v) is 9.78. The molecule has 6 heteroatoms. The lowest BCUT2D eigenvalue weighted by molar-refractivity contribution is -0.142. The van der Waals surface area contributed by atoms with E-state index in [0.717, 1.165) is 0 Å². The first-order valence-electron chi connectivity index (χ1n) is 5.28. The molecular weight excluding hydrogens is 224 g/mol. The van der Waals surface area contributed by atoms with E-state index in [0.29, 0.717) is 18.5 Å². The second-order valence-electron chi connectivity index (χ2n) is 3.44. The number of nitrogens with one attached hydrogen (secondary N) is 1. The maximum atomic E-state index is 11.4. The molecule has 1 aliphatic rings. The van der Waals surface area contributed by atoms with Crippen molar-refractivity contribution in [3.63, 3.8) is 0 Å². The summed E-state index contributed by atoms with van der Waals surface area (Å²) in [6, 6.07) is 1.30. The summed E-state index contributed by atoms with van der Waals surface area (Å²) in [7, 11) is 1.29. The molecule has 1 heterocycles. The highest BCUT2D eigenvalue weighted by molar-refractivity contribution is 5.94.